The summed E-state index contributed by atoms with van der Waals surface area (Å²) in [5.41, 5.74) is 0. The van der Waals surface area contributed by atoms with Crippen LogP contribution in [0, 0.1) is 11.8 Å². The van der Waals surface area contributed by atoms with Gasteiger partial charge in [-0.15, -0.1) is 0 Å². The molecule has 3 atom stereocenters. The second kappa shape index (κ2) is 3.39. The Kier molecular flexibility index (Phi) is 2.39. The maximum atomic E-state index is 11.7. The predicted molar refractivity (Wildman–Crippen MR) is 49.5 cm³/mol. The predicted octanol–water partition coefficient (Wildman–Crippen LogP) is 0.542. The van der Waals surface area contributed by atoms with Crippen LogP contribution in [0.4, 0.5) is 0 Å². The highest BCUT2D eigenvalue weighted by Gasteiger charge is 2.45. The van der Waals surface area contributed by atoms with Crippen LogP contribution in [0.3, 0.4) is 0 Å². The van der Waals surface area contributed by atoms with E-state index in [2.05, 4.69) is 11.9 Å². The second-order valence-corrected chi connectivity index (χ2v) is 4.17. The first-order valence-electron chi connectivity index (χ1n) is 5.04. The van der Waals surface area contributed by atoms with Crippen molar-refractivity contribution in [2.75, 3.05) is 26.8 Å². The molecule has 2 aliphatic rings. The maximum Gasteiger partial charge on any atom is 0.150 e. The highest BCUT2D eigenvalue weighted by atomic mass is 16.5. The lowest BCUT2D eigenvalue weighted by Gasteiger charge is -2.21. The summed E-state index contributed by atoms with van der Waals surface area (Å²) in [5, 5.41) is 0. The number of ether oxygens (including phenoxy) is 1. The summed E-state index contributed by atoms with van der Waals surface area (Å²) in [4.78, 5) is 13.9. The van der Waals surface area contributed by atoms with Gasteiger partial charge < -0.3 is 4.74 Å². The average Bonchev–Trinajstić information content (AvgIpc) is 2.62. The molecule has 2 saturated heterocycles. The van der Waals surface area contributed by atoms with E-state index in [0.29, 0.717) is 24.0 Å². The van der Waals surface area contributed by atoms with E-state index in [9.17, 15) is 4.79 Å². The number of carbonyl (C=O) groups excluding carboxylic acids is 1. The number of nitrogens with zero attached hydrogens (tertiary/aromatic N) is 1. The smallest absolute Gasteiger partial charge is 0.150 e. The number of likely N-dealkylation sites (tertiary alicyclic amines) is 1. The highest BCUT2D eigenvalue weighted by Crippen LogP contribution is 2.34. The standard InChI is InChI=1S/C10H17NO2/c1-3-9(12)10-8-6-13-5-7(8)4-11(10)2/h7-8,10H,3-6H2,1-2H3. The number of hydrogen-bond donors (Lipinski definition) is 0. The van der Waals surface area contributed by atoms with Crippen molar-refractivity contribution < 1.29 is 9.53 Å². The van der Waals surface area contributed by atoms with Gasteiger partial charge >= 0.3 is 0 Å². The third kappa shape index (κ3) is 1.40. The molecule has 0 saturated carbocycles. The number of hydrogen-bond acceptors (Lipinski definition) is 3. The van der Waals surface area contributed by atoms with Crippen molar-refractivity contribution in [3.8, 4) is 0 Å². The van der Waals surface area contributed by atoms with Crippen LogP contribution >= 0.6 is 0 Å². The lowest BCUT2D eigenvalue weighted by Crippen LogP contribution is -2.37. The first-order valence-corrected chi connectivity index (χ1v) is 5.04. The van der Waals surface area contributed by atoms with Gasteiger partial charge in [0, 0.05) is 24.8 Å². The first kappa shape index (κ1) is 9.16. The van der Waals surface area contributed by atoms with Gasteiger partial charge in [0.05, 0.1) is 19.3 Å². The van der Waals surface area contributed by atoms with Crippen LogP contribution in [0.15, 0.2) is 0 Å². The molecule has 0 aliphatic carbocycles. The molecule has 2 heterocycles. The Hall–Kier alpha value is -0.410. The molecule has 3 heteroatoms. The number of rotatable bonds is 2. The summed E-state index contributed by atoms with van der Waals surface area (Å²) in [7, 11) is 2.05. The lowest BCUT2D eigenvalue weighted by atomic mass is 9.91. The summed E-state index contributed by atoms with van der Waals surface area (Å²) in [5.74, 6) is 1.45. The Morgan fingerprint density at radius 3 is 3.00 bits per heavy atom. The molecular formula is C10H17NO2. The number of ketones is 1. The molecule has 0 spiro atoms. The monoisotopic (exact) mass is 183 g/mol. The zero-order valence-electron chi connectivity index (χ0n) is 8.32. The van der Waals surface area contributed by atoms with Crippen LogP contribution in [0.1, 0.15) is 13.3 Å². The van der Waals surface area contributed by atoms with Gasteiger partial charge in [0.2, 0.25) is 0 Å². The van der Waals surface area contributed by atoms with E-state index in [1.807, 2.05) is 6.92 Å². The molecule has 0 amide bonds. The Bertz CT molecular complexity index is 217. The number of fused-ring (bicyclic) bond motifs is 1. The topological polar surface area (TPSA) is 29.5 Å². The van der Waals surface area contributed by atoms with Crippen molar-refractivity contribution in [2.45, 2.75) is 19.4 Å². The van der Waals surface area contributed by atoms with E-state index >= 15 is 0 Å². The molecule has 2 aliphatic heterocycles. The SMILES string of the molecule is CCC(=O)C1C2COCC2CN1C. The van der Waals surface area contributed by atoms with E-state index in [-0.39, 0.29) is 6.04 Å². The normalized spacial score (nSPS) is 39.4. The second-order valence-electron chi connectivity index (χ2n) is 4.17. The van der Waals surface area contributed by atoms with E-state index < -0.39 is 0 Å². The highest BCUT2D eigenvalue weighted by molar-refractivity contribution is 5.84. The molecule has 13 heavy (non-hydrogen) atoms. The summed E-state index contributed by atoms with van der Waals surface area (Å²) in [6, 6.07) is 0.137. The third-order valence-corrected chi connectivity index (χ3v) is 3.33. The van der Waals surface area contributed by atoms with Gasteiger partial charge in [-0.05, 0) is 7.05 Å². The van der Waals surface area contributed by atoms with E-state index in [0.717, 1.165) is 19.8 Å². The maximum absolute atomic E-state index is 11.7. The fourth-order valence-corrected chi connectivity index (χ4v) is 2.66. The van der Waals surface area contributed by atoms with Crippen LogP contribution < -0.4 is 0 Å². The minimum absolute atomic E-state index is 0.137. The van der Waals surface area contributed by atoms with Crippen molar-refractivity contribution >= 4 is 5.78 Å². The zero-order chi connectivity index (χ0) is 9.42. The molecule has 0 aromatic carbocycles. The van der Waals surface area contributed by atoms with Crippen LogP contribution in [0.2, 0.25) is 0 Å². The van der Waals surface area contributed by atoms with Gasteiger partial charge in [0.1, 0.15) is 5.78 Å². The number of Topliss-reactive ketones (excluding diaryl/α,β-unsaturated/α-hetero) is 1. The number of likely N-dealkylation sites (N-methyl/N-ethyl adjacent to an activating group) is 1. The van der Waals surface area contributed by atoms with Crippen molar-refractivity contribution in [3.63, 3.8) is 0 Å². The summed E-state index contributed by atoms with van der Waals surface area (Å²) < 4.78 is 5.41. The minimum atomic E-state index is 0.137. The van der Waals surface area contributed by atoms with E-state index in [1.54, 1.807) is 0 Å². The largest absolute Gasteiger partial charge is 0.381 e. The van der Waals surface area contributed by atoms with Gasteiger partial charge in [0.25, 0.3) is 0 Å². The fraction of sp³-hybridized carbons (Fsp3) is 0.900. The molecule has 2 rings (SSSR count). The van der Waals surface area contributed by atoms with Gasteiger partial charge in [0.15, 0.2) is 0 Å². The first-order chi connectivity index (χ1) is 6.24. The van der Waals surface area contributed by atoms with Crippen molar-refractivity contribution in [3.05, 3.63) is 0 Å². The molecular weight excluding hydrogens is 166 g/mol. The average molecular weight is 183 g/mol. The molecule has 74 valence electrons. The Balaban J connectivity index is 2.12. The van der Waals surface area contributed by atoms with Crippen molar-refractivity contribution in [1.82, 2.24) is 4.90 Å². The summed E-state index contributed by atoms with van der Waals surface area (Å²) in [6.07, 6.45) is 0.651. The molecule has 0 aromatic rings. The fourth-order valence-electron chi connectivity index (χ4n) is 2.66. The Morgan fingerprint density at radius 1 is 1.54 bits per heavy atom. The van der Waals surface area contributed by atoms with Gasteiger partial charge in [-0.2, -0.15) is 0 Å². The molecule has 3 nitrogen and oxygen atoms in total. The molecule has 0 aromatic heterocycles. The number of carbonyl (C=O) groups is 1. The van der Waals surface area contributed by atoms with E-state index in [4.69, 9.17) is 4.74 Å². The van der Waals surface area contributed by atoms with Crippen LogP contribution in [-0.2, 0) is 9.53 Å². The Labute approximate surface area is 79.0 Å². The quantitative estimate of drug-likeness (QED) is 0.626. The van der Waals surface area contributed by atoms with Crippen LogP contribution in [0.25, 0.3) is 0 Å². The molecule has 0 radical (unpaired) electrons. The van der Waals surface area contributed by atoms with Gasteiger partial charge in [-0.25, -0.2) is 0 Å². The summed E-state index contributed by atoms with van der Waals surface area (Å²) >= 11 is 0. The lowest BCUT2D eigenvalue weighted by molar-refractivity contribution is -0.124. The third-order valence-electron chi connectivity index (χ3n) is 3.33. The molecule has 2 fully saturated rings. The van der Waals surface area contributed by atoms with Crippen molar-refractivity contribution in [2.24, 2.45) is 11.8 Å². The minimum Gasteiger partial charge on any atom is -0.381 e. The Morgan fingerprint density at radius 2 is 2.31 bits per heavy atom. The van der Waals surface area contributed by atoms with Crippen LogP contribution in [0.5, 0.6) is 0 Å². The zero-order valence-corrected chi connectivity index (χ0v) is 8.32. The molecule has 0 bridgehead atoms. The summed E-state index contributed by atoms with van der Waals surface area (Å²) in [6.45, 7) is 4.61. The van der Waals surface area contributed by atoms with Crippen LogP contribution in [-0.4, -0.2) is 43.5 Å². The molecule has 0 N–H and O–H groups in total. The van der Waals surface area contributed by atoms with Gasteiger partial charge in [-0.1, -0.05) is 6.92 Å². The van der Waals surface area contributed by atoms with Gasteiger partial charge in [-0.3, -0.25) is 9.69 Å². The molecule has 3 unspecified atom stereocenters. The van der Waals surface area contributed by atoms with Crippen molar-refractivity contribution in [1.29, 1.82) is 0 Å². The van der Waals surface area contributed by atoms with E-state index in [1.165, 1.54) is 0 Å².